The third-order valence-electron chi connectivity index (χ3n) is 7.43. The Bertz CT molecular complexity index is 1090. The predicted octanol–water partition coefficient (Wildman–Crippen LogP) is 4.99. The SMILES string of the molecule is CCC/C(=C\c1ccc(O)c(F)c1)CC[C@H]1OC[C@H]2C1=C(CC)C[C@H]1C(=O)N(C(=O)OC)C(=O)[C@H]12. The Kier molecular flexibility index (Phi) is 7.40. The minimum absolute atomic E-state index is 0.164. The van der Waals surface area contributed by atoms with Crippen molar-refractivity contribution >= 4 is 24.0 Å². The molecule has 7 nitrogen and oxygen atoms in total. The minimum Gasteiger partial charge on any atom is -0.505 e. The normalized spacial score (nSPS) is 26.3. The molecule has 2 heterocycles. The fourth-order valence-electron chi connectivity index (χ4n) is 5.84. The molecule has 3 aliphatic rings. The second kappa shape index (κ2) is 10.3. The highest BCUT2D eigenvalue weighted by atomic mass is 19.1. The number of amides is 3. The third-order valence-corrected chi connectivity index (χ3v) is 7.43. The van der Waals surface area contributed by atoms with Gasteiger partial charge in [-0.2, -0.15) is 4.90 Å². The van der Waals surface area contributed by atoms with Crippen LogP contribution in [0, 0.1) is 23.6 Å². The maximum Gasteiger partial charge on any atom is 0.423 e. The van der Waals surface area contributed by atoms with Gasteiger partial charge in [0.15, 0.2) is 11.6 Å². The highest BCUT2D eigenvalue weighted by Gasteiger charge is 2.58. The van der Waals surface area contributed by atoms with Gasteiger partial charge >= 0.3 is 6.09 Å². The lowest BCUT2D eigenvalue weighted by Gasteiger charge is -2.31. The lowest BCUT2D eigenvalue weighted by atomic mass is 9.69. The van der Waals surface area contributed by atoms with Gasteiger partial charge < -0.3 is 14.6 Å². The number of hydrogen-bond acceptors (Lipinski definition) is 6. The van der Waals surface area contributed by atoms with Crippen molar-refractivity contribution in [2.75, 3.05) is 13.7 Å². The number of benzene rings is 1. The van der Waals surface area contributed by atoms with E-state index in [9.17, 15) is 23.9 Å². The van der Waals surface area contributed by atoms with E-state index < -0.39 is 35.6 Å². The first-order chi connectivity index (χ1) is 16.8. The number of halogens is 1. The average molecular weight is 486 g/mol. The van der Waals surface area contributed by atoms with Crippen molar-refractivity contribution in [3.63, 3.8) is 0 Å². The Morgan fingerprint density at radius 1 is 1.23 bits per heavy atom. The summed E-state index contributed by atoms with van der Waals surface area (Å²) in [6, 6.07) is 4.36. The molecule has 8 heteroatoms. The van der Waals surface area contributed by atoms with Crippen LogP contribution in [0.1, 0.15) is 57.9 Å². The molecule has 35 heavy (non-hydrogen) atoms. The molecule has 2 fully saturated rings. The largest absolute Gasteiger partial charge is 0.505 e. The van der Waals surface area contributed by atoms with Crippen LogP contribution in [0.2, 0.25) is 0 Å². The molecular formula is C27H32FNO6. The van der Waals surface area contributed by atoms with Crippen molar-refractivity contribution in [2.24, 2.45) is 17.8 Å². The Morgan fingerprint density at radius 2 is 2.00 bits per heavy atom. The number of fused-ring (bicyclic) bond motifs is 3. The van der Waals surface area contributed by atoms with E-state index in [0.29, 0.717) is 29.9 Å². The van der Waals surface area contributed by atoms with Crippen LogP contribution in [0.3, 0.4) is 0 Å². The molecule has 1 N–H and O–H groups in total. The number of allylic oxidation sites excluding steroid dienone is 2. The van der Waals surface area contributed by atoms with Crippen LogP contribution >= 0.6 is 0 Å². The van der Waals surface area contributed by atoms with E-state index in [1.54, 1.807) is 6.07 Å². The molecule has 1 aromatic rings. The van der Waals surface area contributed by atoms with Crippen molar-refractivity contribution in [3.05, 3.63) is 46.3 Å². The van der Waals surface area contributed by atoms with E-state index in [1.165, 1.54) is 12.1 Å². The van der Waals surface area contributed by atoms with Gasteiger partial charge in [-0.1, -0.05) is 43.6 Å². The van der Waals surface area contributed by atoms with Crippen LogP contribution in [0.25, 0.3) is 6.08 Å². The Labute approximate surface area is 204 Å². The van der Waals surface area contributed by atoms with Crippen molar-refractivity contribution < 1.29 is 33.4 Å². The average Bonchev–Trinajstić information content (AvgIpc) is 3.37. The number of carbonyl (C=O) groups is 3. The molecule has 1 aromatic carbocycles. The van der Waals surface area contributed by atoms with E-state index in [-0.39, 0.29) is 17.8 Å². The molecule has 0 bridgehead atoms. The van der Waals surface area contributed by atoms with E-state index in [2.05, 4.69) is 11.7 Å². The highest BCUT2D eigenvalue weighted by Crippen LogP contribution is 2.50. The molecule has 0 unspecified atom stereocenters. The summed E-state index contributed by atoms with van der Waals surface area (Å²) in [4.78, 5) is 38.7. The molecule has 3 amide bonds. The molecule has 2 aliphatic heterocycles. The fourth-order valence-corrected chi connectivity index (χ4v) is 5.84. The smallest absolute Gasteiger partial charge is 0.423 e. The molecule has 0 radical (unpaired) electrons. The predicted molar refractivity (Wildman–Crippen MR) is 127 cm³/mol. The Balaban J connectivity index is 1.54. The van der Waals surface area contributed by atoms with Crippen molar-refractivity contribution in [2.45, 2.75) is 58.5 Å². The minimum atomic E-state index is -0.926. The molecule has 0 saturated carbocycles. The van der Waals surface area contributed by atoms with Gasteiger partial charge in [-0.3, -0.25) is 9.59 Å². The van der Waals surface area contributed by atoms with Gasteiger partial charge in [0.05, 0.1) is 31.7 Å². The van der Waals surface area contributed by atoms with Gasteiger partial charge in [0, 0.05) is 5.92 Å². The maximum absolute atomic E-state index is 13.8. The lowest BCUT2D eigenvalue weighted by Crippen LogP contribution is -2.38. The van der Waals surface area contributed by atoms with Crippen LogP contribution in [0.4, 0.5) is 9.18 Å². The summed E-state index contributed by atoms with van der Waals surface area (Å²) in [6.07, 6.45) is 5.31. The molecule has 1 aliphatic carbocycles. The van der Waals surface area contributed by atoms with Gasteiger partial charge in [-0.05, 0) is 55.4 Å². The topological polar surface area (TPSA) is 93.1 Å². The zero-order valence-electron chi connectivity index (χ0n) is 20.4. The first-order valence-corrected chi connectivity index (χ1v) is 12.3. The lowest BCUT2D eigenvalue weighted by molar-refractivity contribution is -0.137. The first kappa shape index (κ1) is 25.1. The summed E-state index contributed by atoms with van der Waals surface area (Å²) in [6.45, 7) is 4.47. The number of likely N-dealkylation sites (tertiary alicyclic amines) is 1. The number of carbonyl (C=O) groups excluding carboxylic acids is 3. The number of methoxy groups -OCH3 is 1. The van der Waals surface area contributed by atoms with Gasteiger partial charge in [-0.15, -0.1) is 0 Å². The molecule has 4 rings (SSSR count). The highest BCUT2D eigenvalue weighted by molar-refractivity contribution is 6.16. The number of phenolic OH excluding ortho intramolecular Hbond substituents is 1. The van der Waals surface area contributed by atoms with Gasteiger partial charge in [0.2, 0.25) is 11.8 Å². The van der Waals surface area contributed by atoms with Gasteiger partial charge in [0.25, 0.3) is 0 Å². The van der Waals surface area contributed by atoms with E-state index in [0.717, 1.165) is 49.5 Å². The summed E-state index contributed by atoms with van der Waals surface area (Å²) in [5.41, 5.74) is 4.09. The Hall–Kier alpha value is -3.00. The quantitative estimate of drug-likeness (QED) is 0.432. The van der Waals surface area contributed by atoms with Gasteiger partial charge in [-0.25, -0.2) is 9.18 Å². The monoisotopic (exact) mass is 485 g/mol. The Morgan fingerprint density at radius 3 is 2.66 bits per heavy atom. The summed E-state index contributed by atoms with van der Waals surface area (Å²) in [5.74, 6) is -3.35. The van der Waals surface area contributed by atoms with Crippen LogP contribution in [-0.4, -0.2) is 47.7 Å². The van der Waals surface area contributed by atoms with Gasteiger partial charge in [0.1, 0.15) is 0 Å². The molecule has 0 spiro atoms. The third kappa shape index (κ3) is 4.63. The van der Waals surface area contributed by atoms with Crippen LogP contribution in [-0.2, 0) is 19.1 Å². The first-order valence-electron chi connectivity index (χ1n) is 12.3. The zero-order chi connectivity index (χ0) is 25.3. The van der Waals surface area contributed by atoms with Crippen LogP contribution in [0.5, 0.6) is 5.75 Å². The molecule has 188 valence electrons. The summed E-state index contributed by atoms with van der Waals surface area (Å²) < 4.78 is 24.6. The molecule has 2 saturated heterocycles. The maximum atomic E-state index is 13.8. The van der Waals surface area contributed by atoms with Crippen molar-refractivity contribution in [3.8, 4) is 5.75 Å². The number of imide groups is 3. The second-order valence-corrected chi connectivity index (χ2v) is 9.46. The number of hydrogen-bond donors (Lipinski definition) is 1. The number of nitrogens with zero attached hydrogens (tertiary/aromatic N) is 1. The second-order valence-electron chi connectivity index (χ2n) is 9.46. The summed E-state index contributed by atoms with van der Waals surface area (Å²) in [7, 11) is 1.16. The molecule has 4 atom stereocenters. The summed E-state index contributed by atoms with van der Waals surface area (Å²) >= 11 is 0. The van der Waals surface area contributed by atoms with Crippen LogP contribution < -0.4 is 0 Å². The molecular weight excluding hydrogens is 453 g/mol. The number of rotatable bonds is 7. The zero-order valence-corrected chi connectivity index (χ0v) is 20.4. The van der Waals surface area contributed by atoms with Crippen molar-refractivity contribution in [1.82, 2.24) is 4.90 Å². The van der Waals surface area contributed by atoms with E-state index in [1.807, 2.05) is 13.0 Å². The standard InChI is InChI=1S/C27H32FNO6/c1-4-6-15(11-16-7-9-21(30)20(28)12-16)8-10-22-23-17(5-2)13-18-24(19(23)14-35-22)26(32)29(25(18)31)27(33)34-3/h7,9,11-12,18-19,22,24,30H,4-6,8,10,13-14H2,1-3H3/b15-11+/t18-,19+,22-,24-/m1/s1. The summed E-state index contributed by atoms with van der Waals surface area (Å²) in [5, 5.41) is 9.46. The fraction of sp³-hybridized carbons (Fsp3) is 0.519. The van der Waals surface area contributed by atoms with E-state index in [4.69, 9.17) is 4.74 Å². The number of phenols is 1. The van der Waals surface area contributed by atoms with E-state index >= 15 is 0 Å². The number of aromatic hydroxyl groups is 1. The molecule has 0 aromatic heterocycles. The number of ether oxygens (including phenoxy) is 2. The van der Waals surface area contributed by atoms with Crippen LogP contribution in [0.15, 0.2) is 34.9 Å². The van der Waals surface area contributed by atoms with Crippen molar-refractivity contribution in [1.29, 1.82) is 0 Å².